The number of rotatable bonds is 10. The third kappa shape index (κ3) is 5.69. The van der Waals surface area contributed by atoms with Gasteiger partial charge in [0.25, 0.3) is 0 Å². The summed E-state index contributed by atoms with van der Waals surface area (Å²) in [5.41, 5.74) is -0.121. The number of aliphatic hydroxyl groups excluding tert-OH is 2. The molecule has 10 heteroatoms. The molecule has 0 aromatic rings. The Balaban J connectivity index is 4.88. The van der Waals surface area contributed by atoms with E-state index in [1.54, 1.807) is 0 Å². The largest absolute Gasteiger partial charge is 0.460 e. The van der Waals surface area contributed by atoms with Crippen LogP contribution >= 0.6 is 0 Å². The SMILES string of the molecule is C=C(C)C(=O)OCC(O)CC(F)(F)C(F)(F)C(F)(F)CCCO. The molecule has 23 heavy (non-hydrogen) atoms. The van der Waals surface area contributed by atoms with E-state index in [1.807, 2.05) is 0 Å². The molecule has 1 atom stereocenters. The van der Waals surface area contributed by atoms with Crippen molar-refractivity contribution in [1.82, 2.24) is 0 Å². The number of hydrogen-bond donors (Lipinski definition) is 2. The fourth-order valence-electron chi connectivity index (χ4n) is 1.50. The second-order valence-electron chi connectivity index (χ2n) is 5.05. The molecule has 0 aromatic heterocycles. The van der Waals surface area contributed by atoms with Crippen LogP contribution in [0, 0.1) is 0 Å². The van der Waals surface area contributed by atoms with Gasteiger partial charge in [0.05, 0.1) is 6.10 Å². The first-order chi connectivity index (χ1) is 10.3. The molecule has 0 aliphatic rings. The zero-order valence-electron chi connectivity index (χ0n) is 12.3. The highest BCUT2D eigenvalue weighted by molar-refractivity contribution is 5.86. The van der Waals surface area contributed by atoms with Gasteiger partial charge in [-0.15, -0.1) is 0 Å². The number of esters is 1. The van der Waals surface area contributed by atoms with Crippen molar-refractivity contribution in [2.24, 2.45) is 0 Å². The Morgan fingerprint density at radius 2 is 1.70 bits per heavy atom. The van der Waals surface area contributed by atoms with Gasteiger partial charge in [0, 0.05) is 25.0 Å². The first-order valence-corrected chi connectivity index (χ1v) is 6.53. The van der Waals surface area contributed by atoms with Gasteiger partial charge in [-0.2, -0.15) is 26.3 Å². The second-order valence-corrected chi connectivity index (χ2v) is 5.05. The van der Waals surface area contributed by atoms with E-state index < -0.39 is 62.3 Å². The maximum absolute atomic E-state index is 13.4. The van der Waals surface area contributed by atoms with Crippen LogP contribution in [0.1, 0.15) is 26.2 Å². The van der Waals surface area contributed by atoms with E-state index in [0.29, 0.717) is 0 Å². The Labute approximate surface area is 128 Å². The van der Waals surface area contributed by atoms with Crippen LogP contribution in [0.5, 0.6) is 0 Å². The van der Waals surface area contributed by atoms with Gasteiger partial charge in [-0.05, 0) is 13.3 Å². The van der Waals surface area contributed by atoms with E-state index in [0.717, 1.165) is 0 Å². The number of hydrogen-bond acceptors (Lipinski definition) is 4. The first-order valence-electron chi connectivity index (χ1n) is 6.53. The normalized spacial score (nSPS) is 14.5. The number of carbonyl (C=O) groups is 1. The first kappa shape index (κ1) is 21.7. The summed E-state index contributed by atoms with van der Waals surface area (Å²) in [6.07, 6.45) is -6.74. The predicted molar refractivity (Wildman–Crippen MR) is 67.6 cm³/mol. The Morgan fingerprint density at radius 3 is 2.13 bits per heavy atom. The van der Waals surface area contributed by atoms with Gasteiger partial charge in [-0.25, -0.2) is 4.79 Å². The van der Waals surface area contributed by atoms with Crippen LogP contribution in [0.15, 0.2) is 12.2 Å². The van der Waals surface area contributed by atoms with Crippen LogP contribution in [0.3, 0.4) is 0 Å². The van der Waals surface area contributed by atoms with E-state index in [-0.39, 0.29) is 5.57 Å². The molecule has 0 bridgehead atoms. The molecular weight excluding hydrogens is 334 g/mol. The molecule has 1 unspecified atom stereocenters. The smallest absolute Gasteiger partial charge is 0.371 e. The van der Waals surface area contributed by atoms with Gasteiger partial charge >= 0.3 is 23.7 Å². The van der Waals surface area contributed by atoms with Crippen molar-refractivity contribution in [2.75, 3.05) is 13.2 Å². The van der Waals surface area contributed by atoms with Crippen LogP contribution in [-0.2, 0) is 9.53 Å². The fourth-order valence-corrected chi connectivity index (χ4v) is 1.50. The Kier molecular flexibility index (Phi) is 7.55. The van der Waals surface area contributed by atoms with Crippen LogP contribution in [0.2, 0.25) is 0 Å². The van der Waals surface area contributed by atoms with Gasteiger partial charge < -0.3 is 14.9 Å². The molecule has 4 nitrogen and oxygen atoms in total. The summed E-state index contributed by atoms with van der Waals surface area (Å²) in [4.78, 5) is 11.0. The molecule has 0 spiro atoms. The third-order valence-electron chi connectivity index (χ3n) is 2.81. The maximum atomic E-state index is 13.4. The van der Waals surface area contributed by atoms with Gasteiger partial charge in [0.1, 0.15) is 6.61 Å². The molecule has 0 aliphatic carbocycles. The van der Waals surface area contributed by atoms with Gasteiger partial charge in [0.2, 0.25) is 0 Å². The number of halogens is 6. The molecule has 0 aromatic carbocycles. The Morgan fingerprint density at radius 1 is 1.17 bits per heavy atom. The van der Waals surface area contributed by atoms with Crippen LogP contribution in [0.25, 0.3) is 0 Å². The van der Waals surface area contributed by atoms with Crippen LogP contribution in [0.4, 0.5) is 26.3 Å². The molecule has 0 fully saturated rings. The van der Waals surface area contributed by atoms with Crippen LogP contribution < -0.4 is 0 Å². The highest BCUT2D eigenvalue weighted by Crippen LogP contribution is 2.49. The standard InChI is InChI=1S/C13H18F6O4/c1-8(2)10(22)23-7-9(21)6-12(16,17)13(18,19)11(14,15)4-3-5-20/h9,20-21H,1,3-7H2,2H3. The van der Waals surface area contributed by atoms with Crippen molar-refractivity contribution in [3.63, 3.8) is 0 Å². The minimum Gasteiger partial charge on any atom is -0.460 e. The van der Waals surface area contributed by atoms with E-state index in [1.165, 1.54) is 6.92 Å². The van der Waals surface area contributed by atoms with Crippen molar-refractivity contribution >= 4 is 5.97 Å². The molecular formula is C13H18F6O4. The van der Waals surface area contributed by atoms with Gasteiger partial charge in [0.15, 0.2) is 0 Å². The molecule has 0 rings (SSSR count). The highest BCUT2D eigenvalue weighted by Gasteiger charge is 2.70. The van der Waals surface area contributed by atoms with Gasteiger partial charge in [-0.3, -0.25) is 0 Å². The molecule has 0 heterocycles. The quantitative estimate of drug-likeness (QED) is 0.360. The lowest BCUT2D eigenvalue weighted by atomic mass is 9.96. The molecule has 2 N–H and O–H groups in total. The number of aliphatic hydroxyl groups is 2. The minimum absolute atomic E-state index is 0.121. The average molecular weight is 352 g/mol. The lowest BCUT2D eigenvalue weighted by molar-refractivity contribution is -0.317. The van der Waals surface area contributed by atoms with Gasteiger partial charge in [-0.1, -0.05) is 6.58 Å². The molecule has 0 amide bonds. The lowest BCUT2D eigenvalue weighted by Gasteiger charge is -2.33. The van der Waals surface area contributed by atoms with E-state index >= 15 is 0 Å². The third-order valence-corrected chi connectivity index (χ3v) is 2.81. The summed E-state index contributed by atoms with van der Waals surface area (Å²) in [7, 11) is 0. The predicted octanol–water partition coefficient (Wildman–Crippen LogP) is 2.54. The number of alkyl halides is 6. The van der Waals surface area contributed by atoms with E-state index in [4.69, 9.17) is 5.11 Å². The topological polar surface area (TPSA) is 66.8 Å². The van der Waals surface area contributed by atoms with Crippen molar-refractivity contribution in [2.45, 2.75) is 50.1 Å². The minimum atomic E-state index is -5.74. The highest BCUT2D eigenvalue weighted by atomic mass is 19.3. The fraction of sp³-hybridized carbons (Fsp3) is 0.769. The maximum Gasteiger partial charge on any atom is 0.371 e. The molecule has 0 saturated heterocycles. The van der Waals surface area contributed by atoms with Crippen molar-refractivity contribution < 1.29 is 46.1 Å². The zero-order chi connectivity index (χ0) is 18.5. The lowest BCUT2D eigenvalue weighted by Crippen LogP contribution is -2.55. The molecule has 0 aliphatic heterocycles. The van der Waals surface area contributed by atoms with Crippen molar-refractivity contribution in [1.29, 1.82) is 0 Å². The van der Waals surface area contributed by atoms with Crippen LogP contribution in [-0.4, -0.2) is 53.3 Å². The summed E-state index contributed by atoms with van der Waals surface area (Å²) in [6, 6.07) is 0. The van der Waals surface area contributed by atoms with Crippen molar-refractivity contribution in [3.8, 4) is 0 Å². The zero-order valence-corrected chi connectivity index (χ0v) is 12.3. The summed E-state index contributed by atoms with van der Waals surface area (Å²) in [6.45, 7) is 2.45. The number of carbonyl (C=O) groups excluding carboxylic acids is 1. The average Bonchev–Trinajstić information content (AvgIpc) is 2.41. The van der Waals surface area contributed by atoms with E-state index in [2.05, 4.69) is 11.3 Å². The van der Waals surface area contributed by atoms with Crippen molar-refractivity contribution in [3.05, 3.63) is 12.2 Å². The van der Waals surface area contributed by atoms with E-state index in [9.17, 15) is 36.2 Å². The monoisotopic (exact) mass is 352 g/mol. The Bertz CT molecular complexity index is 425. The summed E-state index contributed by atoms with van der Waals surface area (Å²) in [5, 5.41) is 17.6. The Hall–Kier alpha value is -1.29. The number of ether oxygens (including phenoxy) is 1. The summed E-state index contributed by atoms with van der Waals surface area (Å²) >= 11 is 0. The molecule has 0 radical (unpaired) electrons. The second kappa shape index (κ2) is 8.00. The summed E-state index contributed by atoms with van der Waals surface area (Å²) < 4.78 is 84.4. The molecule has 0 saturated carbocycles. The molecule has 136 valence electrons. The summed E-state index contributed by atoms with van der Waals surface area (Å²) in [5.74, 6) is -17.1.